The van der Waals surface area contributed by atoms with Crippen molar-refractivity contribution in [2.24, 2.45) is 11.8 Å². The monoisotopic (exact) mass is 789 g/mol. The highest BCUT2D eigenvalue weighted by molar-refractivity contribution is 5.99. The average molecular weight is 790 g/mol. The fraction of sp³-hybridized carbons (Fsp3) is 0.465. The largest absolute Gasteiger partial charge is 0.444 e. The van der Waals surface area contributed by atoms with Gasteiger partial charge >= 0.3 is 12.1 Å². The van der Waals surface area contributed by atoms with E-state index in [2.05, 4.69) is 21.3 Å². The third-order valence-corrected chi connectivity index (χ3v) is 9.45. The molecule has 3 aromatic carbocycles. The molecular formula is C43H56FN5O8. The second-order valence-electron chi connectivity index (χ2n) is 15.6. The van der Waals surface area contributed by atoms with Gasteiger partial charge in [0.15, 0.2) is 0 Å². The lowest BCUT2D eigenvalue weighted by Gasteiger charge is -2.30. The summed E-state index contributed by atoms with van der Waals surface area (Å²) in [6.07, 6.45) is -1.78. The van der Waals surface area contributed by atoms with E-state index in [4.69, 9.17) is 9.47 Å². The molecule has 308 valence electrons. The van der Waals surface area contributed by atoms with Crippen molar-refractivity contribution < 1.29 is 42.9 Å². The zero-order valence-corrected chi connectivity index (χ0v) is 33.3. The van der Waals surface area contributed by atoms with Crippen LogP contribution < -0.4 is 21.3 Å². The number of urea groups is 1. The zero-order chi connectivity index (χ0) is 41.5. The van der Waals surface area contributed by atoms with Gasteiger partial charge in [0, 0.05) is 25.4 Å². The summed E-state index contributed by atoms with van der Waals surface area (Å²) < 4.78 is 24.7. The number of nitrogens with zero attached hydrogens (tertiary/aromatic N) is 1. The van der Waals surface area contributed by atoms with Gasteiger partial charge in [-0.1, -0.05) is 86.6 Å². The molecule has 4 rings (SSSR count). The first kappa shape index (κ1) is 44.4. The number of carbonyl (C=O) groups excluding carboxylic acids is 5. The van der Waals surface area contributed by atoms with E-state index in [1.165, 1.54) is 17.0 Å². The van der Waals surface area contributed by atoms with Crippen molar-refractivity contribution >= 4 is 29.8 Å². The summed E-state index contributed by atoms with van der Waals surface area (Å²) in [5.74, 6) is -3.80. The Bertz CT molecular complexity index is 1770. The number of amides is 6. The van der Waals surface area contributed by atoms with Gasteiger partial charge < -0.3 is 35.4 Å². The molecule has 1 aliphatic rings. The van der Waals surface area contributed by atoms with Gasteiger partial charge in [-0.2, -0.15) is 0 Å². The van der Waals surface area contributed by atoms with Crippen molar-refractivity contribution in [3.63, 3.8) is 0 Å². The summed E-state index contributed by atoms with van der Waals surface area (Å²) in [4.78, 5) is 69.2. The van der Waals surface area contributed by atoms with E-state index in [1.54, 1.807) is 71.0 Å². The van der Waals surface area contributed by atoms with E-state index in [0.29, 0.717) is 31.9 Å². The molecule has 0 spiro atoms. The molecule has 5 atom stereocenters. The second-order valence-corrected chi connectivity index (χ2v) is 15.6. The summed E-state index contributed by atoms with van der Waals surface area (Å²) in [6.45, 7) is 9.96. The number of ether oxygens (including phenoxy) is 2. The summed E-state index contributed by atoms with van der Waals surface area (Å²) in [6, 6.07) is 20.1. The van der Waals surface area contributed by atoms with Crippen molar-refractivity contribution in [3.8, 4) is 0 Å². The second kappa shape index (κ2) is 21.3. The molecule has 1 heterocycles. The van der Waals surface area contributed by atoms with Crippen LogP contribution in [0.5, 0.6) is 0 Å². The summed E-state index contributed by atoms with van der Waals surface area (Å²) in [5.41, 5.74) is 1.37. The van der Waals surface area contributed by atoms with Crippen LogP contribution in [0.2, 0.25) is 0 Å². The van der Waals surface area contributed by atoms with E-state index < -0.39 is 77.3 Å². The maximum atomic E-state index is 14.3. The first-order valence-electron chi connectivity index (χ1n) is 19.4. The van der Waals surface area contributed by atoms with Gasteiger partial charge in [-0.25, -0.2) is 14.0 Å². The number of aliphatic hydroxyl groups is 1. The highest BCUT2D eigenvalue weighted by atomic mass is 19.1. The minimum atomic E-state index is -1.26. The highest BCUT2D eigenvalue weighted by Crippen LogP contribution is 2.21. The Balaban J connectivity index is 1.56. The standard InChI is InChI=1S/C43H56FN5O8/c1-28(2)37(40(53)45-35(26-30-14-10-7-11-15-30)39(52)48-41(54)49-20-22-56-23-21-49)47-38(51)32(24-31-16-18-33(44)19-17-31)27-36(50)34(25-29-12-8-6-9-13-29)46-42(55)57-43(3,4)5/h6-19,28,32,34-37,50H,20-27H2,1-5H3,(H,45,53)(H,46,55)(H,47,51)(H,48,52,54). The molecule has 3 aromatic rings. The molecular weight excluding hydrogens is 733 g/mol. The number of imide groups is 1. The molecule has 0 bridgehead atoms. The minimum Gasteiger partial charge on any atom is -0.444 e. The first-order chi connectivity index (χ1) is 27.1. The summed E-state index contributed by atoms with van der Waals surface area (Å²) in [7, 11) is 0. The third kappa shape index (κ3) is 14.9. The maximum Gasteiger partial charge on any atom is 0.407 e. The minimum absolute atomic E-state index is 0.0698. The van der Waals surface area contributed by atoms with E-state index in [0.717, 1.165) is 11.1 Å². The number of aliphatic hydroxyl groups excluding tert-OH is 1. The molecule has 13 nitrogen and oxygen atoms in total. The van der Waals surface area contributed by atoms with Gasteiger partial charge in [0.1, 0.15) is 23.5 Å². The van der Waals surface area contributed by atoms with Crippen molar-refractivity contribution in [1.82, 2.24) is 26.2 Å². The van der Waals surface area contributed by atoms with Gasteiger partial charge in [-0.05, 0) is 74.8 Å². The predicted octanol–water partition coefficient (Wildman–Crippen LogP) is 4.31. The van der Waals surface area contributed by atoms with Gasteiger partial charge in [-0.15, -0.1) is 0 Å². The molecule has 0 aliphatic carbocycles. The van der Waals surface area contributed by atoms with Crippen LogP contribution in [-0.4, -0.2) is 96.0 Å². The molecule has 5 unspecified atom stereocenters. The molecule has 57 heavy (non-hydrogen) atoms. The number of morpholine rings is 1. The number of halogens is 1. The van der Waals surface area contributed by atoms with E-state index in [9.17, 15) is 33.5 Å². The number of alkyl carbamates (subject to hydrolysis) is 1. The first-order valence-corrected chi connectivity index (χ1v) is 19.4. The predicted molar refractivity (Wildman–Crippen MR) is 212 cm³/mol. The van der Waals surface area contributed by atoms with E-state index in [-0.39, 0.29) is 25.7 Å². The average Bonchev–Trinajstić information content (AvgIpc) is 3.17. The maximum absolute atomic E-state index is 14.3. The van der Waals surface area contributed by atoms with Crippen molar-refractivity contribution in [2.45, 2.75) is 90.1 Å². The van der Waals surface area contributed by atoms with Crippen LogP contribution in [0.3, 0.4) is 0 Å². The van der Waals surface area contributed by atoms with Crippen molar-refractivity contribution in [2.75, 3.05) is 26.3 Å². The van der Waals surface area contributed by atoms with Gasteiger partial charge in [0.05, 0.1) is 25.4 Å². The van der Waals surface area contributed by atoms with Crippen LogP contribution in [-0.2, 0) is 43.1 Å². The Morgan fingerprint density at radius 1 is 0.754 bits per heavy atom. The Morgan fingerprint density at radius 3 is 1.88 bits per heavy atom. The van der Waals surface area contributed by atoms with Crippen molar-refractivity contribution in [1.29, 1.82) is 0 Å². The fourth-order valence-corrected chi connectivity index (χ4v) is 6.42. The van der Waals surface area contributed by atoms with Crippen LogP contribution >= 0.6 is 0 Å². The van der Waals surface area contributed by atoms with Gasteiger partial charge in [-0.3, -0.25) is 19.7 Å². The number of carbonyl (C=O) groups is 5. The molecule has 1 aliphatic heterocycles. The van der Waals surface area contributed by atoms with Crippen LogP contribution in [0.4, 0.5) is 14.0 Å². The Kier molecular flexibility index (Phi) is 16.6. The van der Waals surface area contributed by atoms with Gasteiger partial charge in [0.2, 0.25) is 11.8 Å². The molecule has 0 saturated carbocycles. The molecule has 5 N–H and O–H groups in total. The Labute approximate surface area is 334 Å². The Morgan fingerprint density at radius 2 is 1.32 bits per heavy atom. The molecule has 0 aromatic heterocycles. The van der Waals surface area contributed by atoms with Crippen LogP contribution in [0, 0.1) is 17.7 Å². The summed E-state index contributed by atoms with van der Waals surface area (Å²) >= 11 is 0. The molecule has 0 radical (unpaired) electrons. The van der Waals surface area contributed by atoms with Crippen LogP contribution in [0.25, 0.3) is 0 Å². The lowest BCUT2D eigenvalue weighted by molar-refractivity contribution is -0.134. The number of hydrogen-bond donors (Lipinski definition) is 5. The van der Waals surface area contributed by atoms with Crippen molar-refractivity contribution in [3.05, 3.63) is 107 Å². The van der Waals surface area contributed by atoms with Gasteiger partial charge in [0.25, 0.3) is 5.91 Å². The SMILES string of the molecule is CC(C)C(NC(=O)C(Cc1ccc(F)cc1)CC(O)C(Cc1ccccc1)NC(=O)OC(C)(C)C)C(=O)NC(Cc1ccccc1)C(=O)NC(=O)N1CCOCC1. The zero-order valence-electron chi connectivity index (χ0n) is 33.3. The number of rotatable bonds is 16. The fourth-order valence-electron chi connectivity index (χ4n) is 6.42. The molecule has 1 fully saturated rings. The molecule has 6 amide bonds. The van der Waals surface area contributed by atoms with Crippen LogP contribution in [0.1, 0.15) is 57.7 Å². The lowest BCUT2D eigenvalue weighted by atomic mass is 9.88. The Hall–Kier alpha value is -5.34. The van der Waals surface area contributed by atoms with E-state index >= 15 is 0 Å². The van der Waals surface area contributed by atoms with E-state index in [1.807, 2.05) is 36.4 Å². The number of hydrogen-bond acceptors (Lipinski definition) is 8. The lowest BCUT2D eigenvalue weighted by Crippen LogP contribution is -2.58. The quantitative estimate of drug-likeness (QED) is 0.143. The topological polar surface area (TPSA) is 175 Å². The highest BCUT2D eigenvalue weighted by Gasteiger charge is 2.35. The normalized spacial score (nSPS) is 15.7. The molecule has 1 saturated heterocycles. The third-order valence-electron chi connectivity index (χ3n) is 9.45. The number of nitrogens with one attached hydrogen (secondary N) is 4. The van der Waals surface area contributed by atoms with Crippen LogP contribution in [0.15, 0.2) is 84.9 Å². The number of benzene rings is 3. The summed E-state index contributed by atoms with van der Waals surface area (Å²) in [5, 5.41) is 22.5. The smallest absolute Gasteiger partial charge is 0.407 e. The molecule has 14 heteroatoms.